The van der Waals surface area contributed by atoms with E-state index >= 15 is 0 Å². The molecule has 31 heavy (non-hydrogen) atoms. The van der Waals surface area contributed by atoms with Crippen molar-refractivity contribution < 1.29 is 4.39 Å². The Hall–Kier alpha value is -1.13. The van der Waals surface area contributed by atoms with Crippen LogP contribution < -0.4 is 15.5 Å². The summed E-state index contributed by atoms with van der Waals surface area (Å²) in [5.41, 5.74) is 0.730. The number of para-hydroxylation sites is 1. The molecular formula is C23H40FIN6. The number of piperazine rings is 1. The van der Waals surface area contributed by atoms with Crippen LogP contribution in [0.4, 0.5) is 10.1 Å². The van der Waals surface area contributed by atoms with Gasteiger partial charge >= 0.3 is 0 Å². The van der Waals surface area contributed by atoms with Crippen molar-refractivity contribution in [2.45, 2.75) is 45.2 Å². The number of nitrogens with zero attached hydrogens (tertiary/aromatic N) is 4. The summed E-state index contributed by atoms with van der Waals surface area (Å²) < 4.78 is 14.0. The molecule has 176 valence electrons. The van der Waals surface area contributed by atoms with E-state index in [0.29, 0.717) is 12.1 Å². The Kier molecular flexibility index (Phi) is 11.3. The van der Waals surface area contributed by atoms with Gasteiger partial charge in [0.15, 0.2) is 5.96 Å². The van der Waals surface area contributed by atoms with Gasteiger partial charge in [-0.25, -0.2) is 4.39 Å². The number of guanidine groups is 1. The molecule has 1 aromatic carbocycles. The predicted molar refractivity (Wildman–Crippen MR) is 139 cm³/mol. The zero-order valence-corrected chi connectivity index (χ0v) is 21.6. The van der Waals surface area contributed by atoms with E-state index in [-0.39, 0.29) is 29.8 Å². The van der Waals surface area contributed by atoms with Crippen LogP contribution in [0.25, 0.3) is 0 Å². The first-order valence-corrected chi connectivity index (χ1v) is 11.5. The molecule has 6 nitrogen and oxygen atoms in total. The van der Waals surface area contributed by atoms with Crippen LogP contribution in [-0.4, -0.2) is 87.2 Å². The Bertz CT molecular complexity index is 670. The van der Waals surface area contributed by atoms with E-state index in [1.54, 1.807) is 12.1 Å². The first-order chi connectivity index (χ1) is 14.6. The van der Waals surface area contributed by atoms with Gasteiger partial charge in [-0.2, -0.15) is 0 Å². The molecule has 0 unspecified atom stereocenters. The Labute approximate surface area is 204 Å². The van der Waals surface area contributed by atoms with Crippen LogP contribution in [0.1, 0.15) is 33.1 Å². The van der Waals surface area contributed by atoms with Crippen molar-refractivity contribution in [1.82, 2.24) is 20.4 Å². The van der Waals surface area contributed by atoms with Crippen molar-refractivity contribution in [3.8, 4) is 0 Å². The normalized spacial score (nSPS) is 19.4. The monoisotopic (exact) mass is 546 g/mol. The summed E-state index contributed by atoms with van der Waals surface area (Å²) >= 11 is 0. The zero-order chi connectivity index (χ0) is 21.3. The molecule has 0 bridgehead atoms. The fourth-order valence-corrected chi connectivity index (χ4v) is 4.38. The maximum absolute atomic E-state index is 14.0. The number of likely N-dealkylation sites (tertiary alicyclic amines) is 1. The van der Waals surface area contributed by atoms with E-state index in [2.05, 4.69) is 44.2 Å². The molecule has 0 radical (unpaired) electrons. The van der Waals surface area contributed by atoms with Crippen LogP contribution in [0.15, 0.2) is 29.3 Å². The van der Waals surface area contributed by atoms with E-state index in [1.807, 2.05) is 19.2 Å². The quantitative estimate of drug-likeness (QED) is 0.239. The molecule has 2 fully saturated rings. The number of halogens is 2. The maximum Gasteiger partial charge on any atom is 0.191 e. The highest BCUT2D eigenvalue weighted by Crippen LogP contribution is 2.20. The Morgan fingerprint density at radius 3 is 2.39 bits per heavy atom. The Balaban J connectivity index is 0.00000341. The van der Waals surface area contributed by atoms with Gasteiger partial charge in [-0.3, -0.25) is 9.89 Å². The number of rotatable bonds is 7. The van der Waals surface area contributed by atoms with Crippen LogP contribution in [0.3, 0.4) is 0 Å². The van der Waals surface area contributed by atoms with Crippen molar-refractivity contribution in [2.24, 2.45) is 4.99 Å². The van der Waals surface area contributed by atoms with Crippen LogP contribution in [0.5, 0.6) is 0 Å². The maximum atomic E-state index is 14.0. The van der Waals surface area contributed by atoms with Gasteiger partial charge in [0.25, 0.3) is 0 Å². The molecule has 2 aliphatic rings. The van der Waals surface area contributed by atoms with Gasteiger partial charge < -0.3 is 20.4 Å². The third-order valence-corrected chi connectivity index (χ3v) is 6.33. The Morgan fingerprint density at radius 2 is 1.77 bits per heavy atom. The Morgan fingerprint density at radius 1 is 1.10 bits per heavy atom. The number of hydrogen-bond donors (Lipinski definition) is 2. The fourth-order valence-electron chi connectivity index (χ4n) is 4.38. The summed E-state index contributed by atoms with van der Waals surface area (Å²) in [7, 11) is 1.85. The smallest absolute Gasteiger partial charge is 0.191 e. The van der Waals surface area contributed by atoms with Gasteiger partial charge in [-0.05, 0) is 51.8 Å². The van der Waals surface area contributed by atoms with E-state index in [9.17, 15) is 4.39 Å². The summed E-state index contributed by atoms with van der Waals surface area (Å²) in [4.78, 5) is 11.6. The number of benzene rings is 1. The lowest BCUT2D eigenvalue weighted by molar-refractivity contribution is 0.167. The second kappa shape index (κ2) is 13.4. The summed E-state index contributed by atoms with van der Waals surface area (Å²) in [5, 5.41) is 7.06. The molecule has 2 N–H and O–H groups in total. The van der Waals surface area contributed by atoms with Crippen LogP contribution in [0, 0.1) is 5.82 Å². The lowest BCUT2D eigenvalue weighted by atomic mass is 10.0. The average molecular weight is 547 g/mol. The van der Waals surface area contributed by atoms with Crippen molar-refractivity contribution in [1.29, 1.82) is 0 Å². The number of anilines is 1. The van der Waals surface area contributed by atoms with Gasteiger partial charge in [0.1, 0.15) is 5.82 Å². The van der Waals surface area contributed by atoms with Crippen LogP contribution in [0.2, 0.25) is 0 Å². The van der Waals surface area contributed by atoms with E-state index < -0.39 is 0 Å². The number of hydrogen-bond acceptors (Lipinski definition) is 4. The van der Waals surface area contributed by atoms with Gasteiger partial charge in [-0.1, -0.05) is 12.1 Å². The van der Waals surface area contributed by atoms with E-state index in [4.69, 9.17) is 0 Å². The molecule has 0 aliphatic carbocycles. The van der Waals surface area contributed by atoms with Gasteiger partial charge in [0, 0.05) is 64.9 Å². The molecule has 0 aromatic heterocycles. The molecule has 2 aliphatic heterocycles. The molecule has 0 atom stereocenters. The largest absolute Gasteiger partial charge is 0.367 e. The van der Waals surface area contributed by atoms with Crippen molar-refractivity contribution in [3.63, 3.8) is 0 Å². The summed E-state index contributed by atoms with van der Waals surface area (Å²) in [6.45, 7) is 12.6. The average Bonchev–Trinajstić information content (AvgIpc) is 2.77. The van der Waals surface area contributed by atoms with Crippen molar-refractivity contribution in [2.75, 3.05) is 64.3 Å². The van der Waals surface area contributed by atoms with Gasteiger partial charge in [-0.15, -0.1) is 24.0 Å². The highest BCUT2D eigenvalue weighted by Gasteiger charge is 2.22. The molecular weight excluding hydrogens is 506 g/mol. The SMILES string of the molecule is CN=C(NCCCN1CCN(c2ccccc2F)CC1)NC1CCN(C(C)C)CC1.I. The minimum atomic E-state index is -0.121. The fraction of sp³-hybridized carbons (Fsp3) is 0.696. The second-order valence-corrected chi connectivity index (χ2v) is 8.68. The predicted octanol–water partition coefficient (Wildman–Crippen LogP) is 2.99. The summed E-state index contributed by atoms with van der Waals surface area (Å²) in [5.74, 6) is 0.797. The second-order valence-electron chi connectivity index (χ2n) is 8.68. The summed E-state index contributed by atoms with van der Waals surface area (Å²) in [6, 6.07) is 8.22. The van der Waals surface area contributed by atoms with Crippen molar-refractivity contribution in [3.05, 3.63) is 30.1 Å². The minimum Gasteiger partial charge on any atom is -0.367 e. The zero-order valence-electron chi connectivity index (χ0n) is 19.3. The van der Waals surface area contributed by atoms with E-state index in [0.717, 1.165) is 70.4 Å². The lowest BCUT2D eigenvalue weighted by Gasteiger charge is -2.36. The van der Waals surface area contributed by atoms with Gasteiger partial charge in [0.05, 0.1) is 5.69 Å². The molecule has 2 saturated heterocycles. The molecule has 3 rings (SSSR count). The topological polar surface area (TPSA) is 46.1 Å². The molecule has 0 saturated carbocycles. The third-order valence-electron chi connectivity index (χ3n) is 6.33. The molecule has 8 heteroatoms. The lowest BCUT2D eigenvalue weighted by Crippen LogP contribution is -2.50. The first-order valence-electron chi connectivity index (χ1n) is 11.5. The molecule has 2 heterocycles. The minimum absolute atomic E-state index is 0. The first kappa shape index (κ1) is 26.1. The highest BCUT2D eigenvalue weighted by molar-refractivity contribution is 14.0. The van der Waals surface area contributed by atoms with Crippen molar-refractivity contribution >= 4 is 35.6 Å². The van der Waals surface area contributed by atoms with Crippen LogP contribution in [-0.2, 0) is 0 Å². The standard InChI is InChI=1S/C23H39FN6.HI/c1-19(2)29-13-9-20(10-14-29)27-23(25-3)26-11-6-12-28-15-17-30(18-16-28)22-8-5-4-7-21(22)24;/h4-5,7-8,19-20H,6,9-18H2,1-3H3,(H2,25,26,27);1H. The molecule has 0 amide bonds. The molecule has 1 aromatic rings. The molecule has 0 spiro atoms. The number of piperidine rings is 1. The van der Waals surface area contributed by atoms with E-state index in [1.165, 1.54) is 12.8 Å². The van der Waals surface area contributed by atoms with Crippen LogP contribution >= 0.6 is 24.0 Å². The third kappa shape index (κ3) is 8.05. The van der Waals surface area contributed by atoms with Gasteiger partial charge in [0.2, 0.25) is 0 Å². The summed E-state index contributed by atoms with van der Waals surface area (Å²) in [6.07, 6.45) is 3.42. The highest BCUT2D eigenvalue weighted by atomic mass is 127. The number of nitrogens with one attached hydrogen (secondary N) is 2. The number of aliphatic imine (C=N–C) groups is 1.